The Morgan fingerprint density at radius 3 is 2.42 bits per heavy atom. The fraction of sp³-hybridized carbons (Fsp3) is 0.211. The van der Waals surface area contributed by atoms with Gasteiger partial charge in [-0.3, -0.25) is 10.0 Å². The Hall–Kier alpha value is -2.63. The lowest BCUT2D eigenvalue weighted by Crippen LogP contribution is -2.18. The average Bonchev–Trinajstić information content (AvgIpc) is 2.86. The van der Waals surface area contributed by atoms with E-state index in [2.05, 4.69) is 48.7 Å². The van der Waals surface area contributed by atoms with Crippen LogP contribution in [0.5, 0.6) is 0 Å². The molecule has 24 heavy (non-hydrogen) atoms. The number of hydroxylamine groups is 1. The molecule has 0 aliphatic rings. The first-order valence-corrected chi connectivity index (χ1v) is 7.81. The van der Waals surface area contributed by atoms with Crippen molar-refractivity contribution >= 4 is 16.8 Å². The number of carbonyl (C=O) groups is 1. The van der Waals surface area contributed by atoms with E-state index in [1.807, 2.05) is 18.2 Å². The number of fused-ring (bicyclic) bond motifs is 1. The second-order valence-electron chi connectivity index (χ2n) is 6.14. The van der Waals surface area contributed by atoms with E-state index < -0.39 is 5.91 Å². The molecule has 124 valence electrons. The highest BCUT2D eigenvalue weighted by Crippen LogP contribution is 2.29. The van der Waals surface area contributed by atoms with Gasteiger partial charge in [-0.1, -0.05) is 18.2 Å². The van der Waals surface area contributed by atoms with Gasteiger partial charge in [0.25, 0.3) is 5.91 Å². The van der Waals surface area contributed by atoms with Gasteiger partial charge in [0.15, 0.2) is 0 Å². The number of aromatic nitrogens is 1. The first-order valence-electron chi connectivity index (χ1n) is 7.81. The summed E-state index contributed by atoms with van der Waals surface area (Å²) >= 11 is 0. The molecule has 0 radical (unpaired) electrons. The molecule has 0 aliphatic heterocycles. The summed E-state index contributed by atoms with van der Waals surface area (Å²) in [5.74, 6) is -0.510. The fourth-order valence-electron chi connectivity index (χ4n) is 3.11. The van der Waals surface area contributed by atoms with Crippen LogP contribution in [0.15, 0.2) is 48.5 Å². The Balaban J connectivity index is 2.15. The number of rotatable bonds is 4. The van der Waals surface area contributed by atoms with Crippen molar-refractivity contribution in [2.24, 2.45) is 0 Å². The van der Waals surface area contributed by atoms with Crippen LogP contribution in [0.1, 0.15) is 21.6 Å². The summed E-state index contributed by atoms with van der Waals surface area (Å²) < 4.78 is 2.20. The van der Waals surface area contributed by atoms with Gasteiger partial charge in [-0.25, -0.2) is 5.48 Å². The molecule has 2 aromatic carbocycles. The summed E-state index contributed by atoms with van der Waals surface area (Å²) in [5, 5.41) is 9.97. The number of amides is 1. The smallest absolute Gasteiger partial charge is 0.274 e. The molecule has 0 atom stereocenters. The molecule has 0 saturated carbocycles. The number of hydrogen-bond donors (Lipinski definition) is 2. The maximum Gasteiger partial charge on any atom is 0.274 e. The van der Waals surface area contributed by atoms with Crippen LogP contribution >= 0.6 is 0 Å². The molecule has 1 heterocycles. The van der Waals surface area contributed by atoms with Crippen LogP contribution in [0.2, 0.25) is 0 Å². The van der Waals surface area contributed by atoms with Crippen molar-refractivity contribution < 1.29 is 10.0 Å². The normalized spacial score (nSPS) is 11.2. The maximum absolute atomic E-state index is 11.5. The minimum Gasteiger partial charge on any atom is -0.314 e. The predicted molar refractivity (Wildman–Crippen MR) is 94.7 cm³/mol. The molecule has 3 rings (SSSR count). The Morgan fingerprint density at radius 1 is 1.12 bits per heavy atom. The van der Waals surface area contributed by atoms with E-state index in [0.717, 1.165) is 17.7 Å². The number of hydrogen-bond acceptors (Lipinski definition) is 3. The molecule has 5 nitrogen and oxygen atoms in total. The predicted octanol–water partition coefficient (Wildman–Crippen LogP) is 3.12. The van der Waals surface area contributed by atoms with E-state index in [-0.39, 0.29) is 0 Å². The minimum atomic E-state index is -0.510. The number of carbonyl (C=O) groups excluding carboxylic acids is 1. The molecule has 5 heteroatoms. The third kappa shape index (κ3) is 2.79. The van der Waals surface area contributed by atoms with Crippen LogP contribution in [-0.2, 0) is 6.54 Å². The summed E-state index contributed by atoms with van der Waals surface area (Å²) in [6, 6.07) is 15.5. The van der Waals surface area contributed by atoms with Crippen LogP contribution in [0, 0.1) is 6.92 Å². The molecule has 0 saturated heterocycles. The van der Waals surface area contributed by atoms with E-state index in [0.29, 0.717) is 5.56 Å². The average molecular weight is 323 g/mol. The SMILES string of the molecule is Cc1c(CN(C)C)c2ccccc2n1-c1ccc(C(=O)NO)cc1. The van der Waals surface area contributed by atoms with Crippen LogP contribution in [0.4, 0.5) is 0 Å². The monoisotopic (exact) mass is 323 g/mol. The third-order valence-electron chi connectivity index (χ3n) is 4.21. The standard InChI is InChI=1S/C19H21N3O2/c1-13-17(12-21(2)3)16-6-4-5-7-18(16)22(13)15-10-8-14(9-11-15)19(23)20-24/h4-11,24H,12H2,1-3H3,(H,20,23). The lowest BCUT2D eigenvalue weighted by atomic mass is 10.1. The van der Waals surface area contributed by atoms with Gasteiger partial charge in [0.2, 0.25) is 0 Å². The topological polar surface area (TPSA) is 57.5 Å². The van der Waals surface area contributed by atoms with Gasteiger partial charge in [0, 0.05) is 28.9 Å². The van der Waals surface area contributed by atoms with Gasteiger partial charge < -0.3 is 9.47 Å². The molecule has 2 N–H and O–H groups in total. The molecule has 1 amide bonds. The Bertz CT molecular complexity index is 880. The van der Waals surface area contributed by atoms with Crippen molar-refractivity contribution in [3.8, 4) is 5.69 Å². The van der Waals surface area contributed by atoms with Gasteiger partial charge in [0.1, 0.15) is 0 Å². The van der Waals surface area contributed by atoms with Gasteiger partial charge in [-0.15, -0.1) is 0 Å². The lowest BCUT2D eigenvalue weighted by Gasteiger charge is -2.12. The zero-order valence-corrected chi connectivity index (χ0v) is 14.1. The number of nitrogens with zero attached hydrogens (tertiary/aromatic N) is 2. The van der Waals surface area contributed by atoms with Gasteiger partial charge in [-0.05, 0) is 56.9 Å². The molecular formula is C19H21N3O2. The van der Waals surface area contributed by atoms with Gasteiger partial charge >= 0.3 is 0 Å². The number of para-hydroxylation sites is 1. The Morgan fingerprint density at radius 2 is 1.79 bits per heavy atom. The Kier molecular flexibility index (Phi) is 4.38. The third-order valence-corrected chi connectivity index (χ3v) is 4.21. The summed E-state index contributed by atoms with van der Waals surface area (Å²) in [6.45, 7) is 2.98. The minimum absolute atomic E-state index is 0.420. The molecule has 0 bridgehead atoms. The molecule has 0 fully saturated rings. The summed E-state index contributed by atoms with van der Waals surface area (Å²) in [7, 11) is 4.13. The van der Waals surface area contributed by atoms with Crippen molar-refractivity contribution in [2.45, 2.75) is 13.5 Å². The highest BCUT2D eigenvalue weighted by molar-refractivity contribution is 5.93. The first kappa shape index (κ1) is 16.2. The van der Waals surface area contributed by atoms with E-state index >= 15 is 0 Å². The fourth-order valence-corrected chi connectivity index (χ4v) is 3.11. The van der Waals surface area contributed by atoms with Crippen molar-refractivity contribution in [1.82, 2.24) is 14.9 Å². The highest BCUT2D eigenvalue weighted by Gasteiger charge is 2.15. The summed E-state index contributed by atoms with van der Waals surface area (Å²) in [5.41, 5.74) is 6.69. The quantitative estimate of drug-likeness (QED) is 0.573. The zero-order chi connectivity index (χ0) is 17.3. The zero-order valence-electron chi connectivity index (χ0n) is 14.1. The number of benzene rings is 2. The van der Waals surface area contributed by atoms with Crippen LogP contribution in [0.25, 0.3) is 16.6 Å². The van der Waals surface area contributed by atoms with E-state index in [9.17, 15) is 4.79 Å². The lowest BCUT2D eigenvalue weighted by molar-refractivity contribution is 0.0706. The summed E-state index contributed by atoms with van der Waals surface area (Å²) in [4.78, 5) is 13.7. The largest absolute Gasteiger partial charge is 0.314 e. The highest BCUT2D eigenvalue weighted by atomic mass is 16.5. The van der Waals surface area contributed by atoms with Crippen LogP contribution < -0.4 is 5.48 Å². The molecule has 3 aromatic rings. The second-order valence-corrected chi connectivity index (χ2v) is 6.14. The van der Waals surface area contributed by atoms with E-state index in [1.165, 1.54) is 16.6 Å². The van der Waals surface area contributed by atoms with Crippen molar-refractivity contribution in [2.75, 3.05) is 14.1 Å². The summed E-state index contributed by atoms with van der Waals surface area (Å²) in [6.07, 6.45) is 0. The maximum atomic E-state index is 11.5. The van der Waals surface area contributed by atoms with Crippen molar-refractivity contribution in [3.05, 3.63) is 65.4 Å². The van der Waals surface area contributed by atoms with Crippen molar-refractivity contribution in [3.63, 3.8) is 0 Å². The second kappa shape index (κ2) is 6.47. The van der Waals surface area contributed by atoms with E-state index in [4.69, 9.17) is 5.21 Å². The molecule has 1 aromatic heterocycles. The van der Waals surface area contributed by atoms with Crippen LogP contribution in [0.3, 0.4) is 0 Å². The van der Waals surface area contributed by atoms with Gasteiger partial charge in [0.05, 0.1) is 5.52 Å². The number of nitrogens with one attached hydrogen (secondary N) is 1. The molecule has 0 spiro atoms. The first-order chi connectivity index (χ1) is 11.5. The molecule has 0 unspecified atom stereocenters. The Labute approximate surface area is 141 Å². The van der Waals surface area contributed by atoms with Crippen molar-refractivity contribution in [1.29, 1.82) is 0 Å². The molecule has 0 aliphatic carbocycles. The van der Waals surface area contributed by atoms with Crippen LogP contribution in [-0.4, -0.2) is 34.7 Å². The molecular weight excluding hydrogens is 302 g/mol. The van der Waals surface area contributed by atoms with E-state index in [1.54, 1.807) is 17.6 Å². The van der Waals surface area contributed by atoms with Gasteiger partial charge in [-0.2, -0.15) is 0 Å².